The van der Waals surface area contributed by atoms with Crippen molar-refractivity contribution in [1.29, 1.82) is 0 Å². The SMILES string of the molecule is COc1ccc(CS(=O)(=O)/C=C/c2ccc(OC)c(OC)c2OC)cc1[N+](=O)[O-]. The Balaban J connectivity index is 2.34. The van der Waals surface area contributed by atoms with E-state index in [1.807, 2.05) is 0 Å². The third-order valence-electron chi connectivity index (χ3n) is 4.00. The molecule has 0 aromatic heterocycles. The molecule has 0 saturated heterocycles. The number of sulfone groups is 1. The topological polar surface area (TPSA) is 114 Å². The summed E-state index contributed by atoms with van der Waals surface area (Å²) in [4.78, 5) is 10.5. The average molecular weight is 423 g/mol. The molecule has 0 saturated carbocycles. The fourth-order valence-electron chi connectivity index (χ4n) is 2.68. The highest BCUT2D eigenvalue weighted by Crippen LogP contribution is 2.40. The van der Waals surface area contributed by atoms with E-state index in [1.54, 1.807) is 12.1 Å². The van der Waals surface area contributed by atoms with Crippen molar-refractivity contribution in [2.45, 2.75) is 5.75 Å². The van der Waals surface area contributed by atoms with Crippen molar-refractivity contribution in [1.82, 2.24) is 0 Å². The quantitative estimate of drug-likeness (QED) is 0.446. The predicted molar refractivity (Wildman–Crippen MR) is 107 cm³/mol. The second-order valence-electron chi connectivity index (χ2n) is 5.80. The lowest BCUT2D eigenvalue weighted by Gasteiger charge is -2.14. The van der Waals surface area contributed by atoms with Crippen LogP contribution in [0.25, 0.3) is 6.08 Å². The van der Waals surface area contributed by atoms with Crippen molar-refractivity contribution >= 4 is 21.6 Å². The summed E-state index contributed by atoms with van der Waals surface area (Å²) in [6.07, 6.45) is 1.37. The maximum Gasteiger partial charge on any atom is 0.311 e. The van der Waals surface area contributed by atoms with Gasteiger partial charge in [-0.25, -0.2) is 8.42 Å². The third-order valence-corrected chi connectivity index (χ3v) is 5.28. The van der Waals surface area contributed by atoms with Gasteiger partial charge in [0.25, 0.3) is 0 Å². The van der Waals surface area contributed by atoms with Gasteiger partial charge in [-0.1, -0.05) is 6.07 Å². The van der Waals surface area contributed by atoms with Gasteiger partial charge in [0.1, 0.15) is 0 Å². The van der Waals surface area contributed by atoms with Crippen LogP contribution in [0.3, 0.4) is 0 Å². The van der Waals surface area contributed by atoms with Gasteiger partial charge >= 0.3 is 5.69 Å². The molecule has 9 nitrogen and oxygen atoms in total. The van der Waals surface area contributed by atoms with E-state index < -0.39 is 20.5 Å². The largest absolute Gasteiger partial charge is 0.493 e. The summed E-state index contributed by atoms with van der Waals surface area (Å²) in [6.45, 7) is 0. The number of hydrogen-bond donors (Lipinski definition) is 0. The fraction of sp³-hybridized carbons (Fsp3) is 0.263. The van der Waals surface area contributed by atoms with Crippen LogP contribution in [-0.2, 0) is 15.6 Å². The van der Waals surface area contributed by atoms with Gasteiger partial charge < -0.3 is 18.9 Å². The highest BCUT2D eigenvalue weighted by molar-refractivity contribution is 7.93. The van der Waals surface area contributed by atoms with Gasteiger partial charge in [-0.3, -0.25) is 10.1 Å². The lowest BCUT2D eigenvalue weighted by molar-refractivity contribution is -0.385. The van der Waals surface area contributed by atoms with E-state index >= 15 is 0 Å². The minimum absolute atomic E-state index is 0.0572. The molecule has 0 bridgehead atoms. The molecule has 0 fully saturated rings. The maximum atomic E-state index is 12.5. The molecule has 0 aliphatic carbocycles. The van der Waals surface area contributed by atoms with Crippen molar-refractivity contribution < 1.29 is 32.3 Å². The van der Waals surface area contributed by atoms with Crippen molar-refractivity contribution in [3.05, 3.63) is 57.0 Å². The van der Waals surface area contributed by atoms with Gasteiger partial charge in [-0.05, 0) is 29.8 Å². The first-order valence-electron chi connectivity index (χ1n) is 8.27. The number of nitro benzene ring substituents is 1. The summed E-state index contributed by atoms with van der Waals surface area (Å²) in [5.41, 5.74) is 0.432. The molecule has 0 unspecified atom stereocenters. The van der Waals surface area contributed by atoms with Crippen LogP contribution in [0.2, 0.25) is 0 Å². The number of rotatable bonds is 9. The molecule has 10 heteroatoms. The number of nitro groups is 1. The third kappa shape index (κ3) is 5.17. The highest BCUT2D eigenvalue weighted by atomic mass is 32.2. The van der Waals surface area contributed by atoms with Crippen molar-refractivity contribution in [3.63, 3.8) is 0 Å². The van der Waals surface area contributed by atoms with Gasteiger partial charge in [0.05, 0.1) is 39.1 Å². The Morgan fingerprint density at radius 1 is 0.931 bits per heavy atom. The van der Waals surface area contributed by atoms with Gasteiger partial charge in [0, 0.05) is 17.0 Å². The minimum atomic E-state index is -3.73. The van der Waals surface area contributed by atoms with Crippen molar-refractivity contribution in [2.24, 2.45) is 0 Å². The Kier molecular flexibility index (Phi) is 7.05. The van der Waals surface area contributed by atoms with Crippen LogP contribution in [-0.4, -0.2) is 41.8 Å². The van der Waals surface area contributed by atoms with Crippen LogP contribution in [0.4, 0.5) is 5.69 Å². The zero-order chi connectivity index (χ0) is 21.6. The highest BCUT2D eigenvalue weighted by Gasteiger charge is 2.18. The Morgan fingerprint density at radius 2 is 1.55 bits per heavy atom. The van der Waals surface area contributed by atoms with Crippen LogP contribution in [0.15, 0.2) is 35.7 Å². The molecule has 0 N–H and O–H groups in total. The van der Waals surface area contributed by atoms with Gasteiger partial charge in [0.2, 0.25) is 5.75 Å². The normalized spacial score (nSPS) is 11.3. The molecule has 0 aliphatic heterocycles. The molecule has 0 amide bonds. The molecule has 2 rings (SSSR count). The lowest BCUT2D eigenvalue weighted by atomic mass is 10.1. The Bertz CT molecular complexity index is 1030. The molecule has 156 valence electrons. The summed E-state index contributed by atoms with van der Waals surface area (Å²) in [5.74, 6) is 0.736. The number of benzene rings is 2. The summed E-state index contributed by atoms with van der Waals surface area (Å²) in [6, 6.07) is 7.27. The van der Waals surface area contributed by atoms with E-state index in [2.05, 4.69) is 0 Å². The van der Waals surface area contributed by atoms with E-state index in [4.69, 9.17) is 18.9 Å². The molecule has 29 heavy (non-hydrogen) atoms. The molecular weight excluding hydrogens is 402 g/mol. The molecule has 0 atom stereocenters. The molecular formula is C19H21NO8S. The zero-order valence-corrected chi connectivity index (χ0v) is 17.2. The fourth-order valence-corrected chi connectivity index (χ4v) is 3.78. The van der Waals surface area contributed by atoms with Crippen LogP contribution in [0, 0.1) is 10.1 Å². The lowest BCUT2D eigenvalue weighted by Crippen LogP contribution is -2.02. The molecule has 2 aromatic carbocycles. The van der Waals surface area contributed by atoms with Crippen molar-refractivity contribution in [2.75, 3.05) is 28.4 Å². The van der Waals surface area contributed by atoms with E-state index in [-0.39, 0.29) is 17.0 Å². The number of nitrogens with zero attached hydrogens (tertiary/aromatic N) is 1. The molecule has 0 radical (unpaired) electrons. The summed E-state index contributed by atoms with van der Waals surface area (Å²) in [5, 5.41) is 12.1. The Morgan fingerprint density at radius 3 is 2.10 bits per heavy atom. The number of hydrogen-bond acceptors (Lipinski definition) is 8. The van der Waals surface area contributed by atoms with Gasteiger partial charge in [-0.2, -0.15) is 0 Å². The first kappa shape index (κ1) is 22.0. The first-order valence-corrected chi connectivity index (χ1v) is 9.99. The minimum Gasteiger partial charge on any atom is -0.493 e. The monoisotopic (exact) mass is 423 g/mol. The first-order chi connectivity index (χ1) is 13.8. The van der Waals surface area contributed by atoms with Crippen LogP contribution in [0.1, 0.15) is 11.1 Å². The van der Waals surface area contributed by atoms with E-state index in [0.29, 0.717) is 22.8 Å². The van der Waals surface area contributed by atoms with Crippen LogP contribution < -0.4 is 18.9 Å². The maximum absolute atomic E-state index is 12.5. The second-order valence-corrected chi connectivity index (χ2v) is 7.68. The zero-order valence-electron chi connectivity index (χ0n) is 16.4. The van der Waals surface area contributed by atoms with Gasteiger partial charge in [-0.15, -0.1) is 0 Å². The summed E-state index contributed by atoms with van der Waals surface area (Å²) in [7, 11) is 1.93. The predicted octanol–water partition coefficient (Wildman–Crippen LogP) is 3.21. The van der Waals surface area contributed by atoms with Gasteiger partial charge in [0.15, 0.2) is 27.1 Å². The molecule has 2 aromatic rings. The molecule has 0 aliphatic rings. The van der Waals surface area contributed by atoms with Crippen molar-refractivity contribution in [3.8, 4) is 23.0 Å². The molecule has 0 heterocycles. The number of ether oxygens (including phenoxy) is 4. The Labute approximate surface area is 168 Å². The smallest absolute Gasteiger partial charge is 0.311 e. The van der Waals surface area contributed by atoms with E-state index in [1.165, 1.54) is 52.7 Å². The standard InChI is InChI=1S/C19H21NO8S/c1-25-16-7-5-13(11-15(16)20(21)22)12-29(23,24)10-9-14-6-8-17(26-2)19(28-4)18(14)27-3/h5-11H,12H2,1-4H3/b10-9+. The average Bonchev–Trinajstić information content (AvgIpc) is 2.70. The van der Waals surface area contributed by atoms with E-state index in [9.17, 15) is 18.5 Å². The number of methoxy groups -OCH3 is 4. The summed E-state index contributed by atoms with van der Waals surface area (Å²) < 4.78 is 45.7. The van der Waals surface area contributed by atoms with E-state index in [0.717, 1.165) is 5.41 Å². The summed E-state index contributed by atoms with van der Waals surface area (Å²) >= 11 is 0. The second kappa shape index (κ2) is 9.28. The molecule has 0 spiro atoms. The van der Waals surface area contributed by atoms with Crippen LogP contribution >= 0.6 is 0 Å². The Hall–Kier alpha value is -3.27. The van der Waals surface area contributed by atoms with Crippen LogP contribution in [0.5, 0.6) is 23.0 Å².